The lowest BCUT2D eigenvalue weighted by Crippen LogP contribution is -2.35. The van der Waals surface area contributed by atoms with Gasteiger partial charge in [0.2, 0.25) is 5.91 Å². The number of amides is 1. The Kier molecular flexibility index (Phi) is 3.46. The second kappa shape index (κ2) is 4.85. The molecule has 86 valence electrons. The molecule has 0 aromatic heterocycles. The van der Waals surface area contributed by atoms with Crippen LogP contribution in [0.25, 0.3) is 0 Å². The first-order chi connectivity index (χ1) is 7.68. The highest BCUT2D eigenvalue weighted by molar-refractivity contribution is 6.31. The maximum Gasteiger partial charge on any atom is 0.229 e. The van der Waals surface area contributed by atoms with Gasteiger partial charge in [-0.25, -0.2) is 0 Å². The van der Waals surface area contributed by atoms with Crippen molar-refractivity contribution in [3.63, 3.8) is 0 Å². The van der Waals surface area contributed by atoms with E-state index in [1.165, 1.54) is 0 Å². The van der Waals surface area contributed by atoms with Crippen molar-refractivity contribution in [1.29, 1.82) is 0 Å². The molecule has 1 amide bonds. The van der Waals surface area contributed by atoms with Crippen LogP contribution in [0.3, 0.4) is 0 Å². The molecular formula is C12H14ClNO2. The van der Waals surface area contributed by atoms with Crippen molar-refractivity contribution in [2.45, 2.75) is 19.6 Å². The number of rotatable bonds is 2. The van der Waals surface area contributed by atoms with Crippen molar-refractivity contribution >= 4 is 17.5 Å². The number of hydrogen-bond donors (Lipinski definition) is 0. The van der Waals surface area contributed by atoms with Gasteiger partial charge in [0.25, 0.3) is 0 Å². The van der Waals surface area contributed by atoms with Crippen LogP contribution in [0.4, 0.5) is 0 Å². The van der Waals surface area contributed by atoms with Crippen LogP contribution in [0.5, 0.6) is 0 Å². The Hall–Kier alpha value is -1.06. The lowest BCUT2D eigenvalue weighted by molar-refractivity contribution is -0.134. The molecule has 0 N–H and O–H groups in total. The molecule has 1 aliphatic rings. The maximum atomic E-state index is 12.0. The average molecular weight is 240 g/mol. The van der Waals surface area contributed by atoms with Gasteiger partial charge in [0.15, 0.2) is 0 Å². The quantitative estimate of drug-likeness (QED) is 0.791. The number of benzene rings is 1. The molecule has 1 heterocycles. The summed E-state index contributed by atoms with van der Waals surface area (Å²) in [5.41, 5.74) is 0.869. The first-order valence-corrected chi connectivity index (χ1v) is 5.71. The molecule has 3 nitrogen and oxygen atoms in total. The maximum absolute atomic E-state index is 12.0. The fraction of sp³-hybridized carbons (Fsp3) is 0.417. The molecule has 2 rings (SSSR count). The molecule has 0 saturated carbocycles. The van der Waals surface area contributed by atoms with E-state index in [0.717, 1.165) is 5.56 Å². The van der Waals surface area contributed by atoms with Crippen LogP contribution >= 0.6 is 11.6 Å². The molecule has 1 aliphatic heterocycles. The highest BCUT2D eigenvalue weighted by Gasteiger charge is 2.25. The Morgan fingerprint density at radius 2 is 2.31 bits per heavy atom. The van der Waals surface area contributed by atoms with Crippen molar-refractivity contribution in [2.24, 2.45) is 0 Å². The molecule has 0 aliphatic carbocycles. The van der Waals surface area contributed by atoms with Crippen LogP contribution in [0.15, 0.2) is 24.3 Å². The highest BCUT2D eigenvalue weighted by Crippen LogP contribution is 2.18. The Morgan fingerprint density at radius 3 is 2.94 bits per heavy atom. The van der Waals surface area contributed by atoms with Gasteiger partial charge in [-0.3, -0.25) is 4.79 Å². The van der Waals surface area contributed by atoms with Gasteiger partial charge < -0.3 is 9.64 Å². The minimum atomic E-state index is -0.116. The van der Waals surface area contributed by atoms with Crippen molar-refractivity contribution in [2.75, 3.05) is 13.2 Å². The largest absolute Gasteiger partial charge is 0.357 e. The molecule has 1 unspecified atom stereocenters. The zero-order valence-electron chi connectivity index (χ0n) is 9.15. The predicted octanol–water partition coefficient (Wildman–Crippen LogP) is 2.09. The molecule has 1 aromatic carbocycles. The summed E-state index contributed by atoms with van der Waals surface area (Å²) in [4.78, 5) is 13.7. The molecule has 1 atom stereocenters. The van der Waals surface area contributed by atoms with E-state index in [1.807, 2.05) is 25.1 Å². The third-order valence-electron chi connectivity index (χ3n) is 2.75. The standard InChI is InChI=1S/C12H14ClNO2/c1-9-14(6-7-16-9)12(15)8-10-4-2-3-5-11(10)13/h2-5,9H,6-8H2,1H3. The monoisotopic (exact) mass is 239 g/mol. The van der Waals surface area contributed by atoms with Crippen molar-refractivity contribution in [1.82, 2.24) is 4.90 Å². The molecular weight excluding hydrogens is 226 g/mol. The van der Waals surface area contributed by atoms with Gasteiger partial charge in [0.05, 0.1) is 13.0 Å². The van der Waals surface area contributed by atoms with Crippen LogP contribution in [0.1, 0.15) is 12.5 Å². The molecule has 0 bridgehead atoms. The van der Waals surface area contributed by atoms with E-state index in [0.29, 0.717) is 24.6 Å². The second-order valence-electron chi connectivity index (χ2n) is 3.83. The third-order valence-corrected chi connectivity index (χ3v) is 3.12. The van der Waals surface area contributed by atoms with Gasteiger partial charge in [0, 0.05) is 11.6 Å². The number of carbonyl (C=O) groups excluding carboxylic acids is 1. The summed E-state index contributed by atoms with van der Waals surface area (Å²) in [6, 6.07) is 7.42. The van der Waals surface area contributed by atoms with Crippen LogP contribution in [0, 0.1) is 0 Å². The first-order valence-electron chi connectivity index (χ1n) is 5.33. The van der Waals surface area contributed by atoms with E-state index < -0.39 is 0 Å². The minimum absolute atomic E-state index is 0.0677. The van der Waals surface area contributed by atoms with Gasteiger partial charge >= 0.3 is 0 Å². The molecule has 1 aromatic rings. The fourth-order valence-corrected chi connectivity index (χ4v) is 2.03. The van der Waals surface area contributed by atoms with E-state index in [1.54, 1.807) is 11.0 Å². The van der Waals surface area contributed by atoms with Crippen LogP contribution in [0.2, 0.25) is 5.02 Å². The lowest BCUT2D eigenvalue weighted by Gasteiger charge is -2.19. The Balaban J connectivity index is 2.05. The number of hydrogen-bond acceptors (Lipinski definition) is 2. The van der Waals surface area contributed by atoms with E-state index in [-0.39, 0.29) is 12.1 Å². The first kappa shape index (κ1) is 11.4. The van der Waals surface area contributed by atoms with Gasteiger partial charge in [-0.1, -0.05) is 29.8 Å². The smallest absolute Gasteiger partial charge is 0.229 e. The summed E-state index contributed by atoms with van der Waals surface area (Å²) in [7, 11) is 0. The molecule has 16 heavy (non-hydrogen) atoms. The Bertz CT molecular complexity index is 394. The third kappa shape index (κ3) is 2.36. The fourth-order valence-electron chi connectivity index (χ4n) is 1.83. The molecule has 4 heteroatoms. The van der Waals surface area contributed by atoms with E-state index >= 15 is 0 Å². The summed E-state index contributed by atoms with van der Waals surface area (Å²) in [6.45, 7) is 3.18. The number of ether oxygens (including phenoxy) is 1. The van der Waals surface area contributed by atoms with Gasteiger partial charge in [-0.15, -0.1) is 0 Å². The van der Waals surface area contributed by atoms with Crippen molar-refractivity contribution < 1.29 is 9.53 Å². The second-order valence-corrected chi connectivity index (χ2v) is 4.23. The number of carbonyl (C=O) groups is 1. The van der Waals surface area contributed by atoms with E-state index in [9.17, 15) is 4.79 Å². The van der Waals surface area contributed by atoms with E-state index in [4.69, 9.17) is 16.3 Å². The number of halogens is 1. The summed E-state index contributed by atoms with van der Waals surface area (Å²) in [5.74, 6) is 0.0677. The number of nitrogens with zero attached hydrogens (tertiary/aromatic N) is 1. The Labute approximate surface area is 100.0 Å². The van der Waals surface area contributed by atoms with Gasteiger partial charge in [-0.2, -0.15) is 0 Å². The SMILES string of the molecule is CC1OCCN1C(=O)Cc1ccccc1Cl. The van der Waals surface area contributed by atoms with Gasteiger partial charge in [0.1, 0.15) is 6.23 Å². The van der Waals surface area contributed by atoms with Crippen LogP contribution in [-0.2, 0) is 16.0 Å². The lowest BCUT2D eigenvalue weighted by atomic mass is 10.1. The normalized spacial score (nSPS) is 20.1. The summed E-state index contributed by atoms with van der Waals surface area (Å²) in [6.07, 6.45) is 0.225. The van der Waals surface area contributed by atoms with E-state index in [2.05, 4.69) is 0 Å². The molecule has 0 radical (unpaired) electrons. The molecule has 0 spiro atoms. The summed E-state index contributed by atoms with van der Waals surface area (Å²) < 4.78 is 5.33. The predicted molar refractivity (Wildman–Crippen MR) is 62.3 cm³/mol. The van der Waals surface area contributed by atoms with Gasteiger partial charge in [-0.05, 0) is 18.6 Å². The van der Waals surface area contributed by atoms with Crippen molar-refractivity contribution in [3.05, 3.63) is 34.9 Å². The minimum Gasteiger partial charge on any atom is -0.357 e. The Morgan fingerprint density at radius 1 is 1.56 bits per heavy atom. The summed E-state index contributed by atoms with van der Waals surface area (Å²) >= 11 is 6.01. The van der Waals surface area contributed by atoms with Crippen LogP contribution in [-0.4, -0.2) is 30.2 Å². The van der Waals surface area contributed by atoms with Crippen molar-refractivity contribution in [3.8, 4) is 0 Å². The molecule has 1 saturated heterocycles. The zero-order valence-corrected chi connectivity index (χ0v) is 9.91. The zero-order chi connectivity index (χ0) is 11.5. The topological polar surface area (TPSA) is 29.5 Å². The average Bonchev–Trinajstić information content (AvgIpc) is 2.68. The summed E-state index contributed by atoms with van der Waals surface area (Å²) in [5, 5.41) is 0.642. The molecule has 1 fully saturated rings. The highest BCUT2D eigenvalue weighted by atomic mass is 35.5. The van der Waals surface area contributed by atoms with Crippen LogP contribution < -0.4 is 0 Å².